The molecular formula is C7H9N5O2S. The highest BCUT2D eigenvalue weighted by molar-refractivity contribution is 7.98. The van der Waals surface area contributed by atoms with Crippen LogP contribution in [-0.2, 0) is 12.3 Å². The molecule has 2 rings (SSSR count). The molecule has 8 heteroatoms. The maximum atomic E-state index is 5.33. The summed E-state index contributed by atoms with van der Waals surface area (Å²) in [6.45, 7) is 2.00. The van der Waals surface area contributed by atoms with Crippen molar-refractivity contribution in [2.45, 2.75) is 24.4 Å². The lowest BCUT2D eigenvalue weighted by Crippen LogP contribution is -1.95. The van der Waals surface area contributed by atoms with Crippen molar-refractivity contribution in [1.29, 1.82) is 0 Å². The molecule has 0 aromatic carbocycles. The molecular weight excluding hydrogens is 218 g/mol. The lowest BCUT2D eigenvalue weighted by molar-refractivity contribution is 0.385. The van der Waals surface area contributed by atoms with E-state index in [9.17, 15) is 0 Å². The Labute approximate surface area is 89.4 Å². The van der Waals surface area contributed by atoms with E-state index in [1.807, 2.05) is 0 Å². The molecule has 0 aliphatic heterocycles. The Morgan fingerprint density at radius 1 is 1.33 bits per heavy atom. The van der Waals surface area contributed by atoms with Crippen LogP contribution in [0, 0.1) is 6.92 Å². The third-order valence-electron chi connectivity index (χ3n) is 1.51. The second-order valence-corrected chi connectivity index (χ2v) is 3.62. The summed E-state index contributed by atoms with van der Waals surface area (Å²) >= 11 is 1.33. The summed E-state index contributed by atoms with van der Waals surface area (Å²) in [5.41, 5.74) is 5.33. The van der Waals surface area contributed by atoms with E-state index >= 15 is 0 Å². The fourth-order valence-electron chi connectivity index (χ4n) is 0.901. The number of nitrogens with two attached hydrogens (primary N) is 1. The molecule has 0 spiro atoms. The highest BCUT2D eigenvalue weighted by Gasteiger charge is 2.08. The second-order valence-electron chi connectivity index (χ2n) is 2.69. The summed E-state index contributed by atoms with van der Waals surface area (Å²) in [5, 5.41) is 11.6. The van der Waals surface area contributed by atoms with Gasteiger partial charge >= 0.3 is 0 Å². The Morgan fingerprint density at radius 3 is 2.80 bits per heavy atom. The molecule has 15 heavy (non-hydrogen) atoms. The molecule has 0 amide bonds. The molecule has 0 fully saturated rings. The Kier molecular flexibility index (Phi) is 2.97. The fraction of sp³-hybridized carbons (Fsp3) is 0.429. The van der Waals surface area contributed by atoms with Crippen molar-refractivity contribution in [3.8, 4) is 0 Å². The van der Waals surface area contributed by atoms with Crippen LogP contribution < -0.4 is 5.73 Å². The summed E-state index contributed by atoms with van der Waals surface area (Å²) in [5.74, 6) is 2.07. The van der Waals surface area contributed by atoms with Crippen LogP contribution in [0.3, 0.4) is 0 Å². The van der Waals surface area contributed by atoms with Gasteiger partial charge in [-0.25, -0.2) is 0 Å². The summed E-state index contributed by atoms with van der Waals surface area (Å²) in [7, 11) is 0. The minimum absolute atomic E-state index is 0.243. The quantitative estimate of drug-likeness (QED) is 0.753. The van der Waals surface area contributed by atoms with Gasteiger partial charge in [-0.15, -0.1) is 10.2 Å². The van der Waals surface area contributed by atoms with Crippen LogP contribution in [0.15, 0.2) is 14.2 Å². The number of aryl methyl sites for hydroxylation is 1. The van der Waals surface area contributed by atoms with Crippen LogP contribution in [0.2, 0.25) is 0 Å². The zero-order valence-corrected chi connectivity index (χ0v) is 8.82. The average Bonchev–Trinajstić information content (AvgIpc) is 2.83. The van der Waals surface area contributed by atoms with E-state index in [1.54, 1.807) is 6.92 Å². The summed E-state index contributed by atoms with van der Waals surface area (Å²) < 4.78 is 10.1. The van der Waals surface area contributed by atoms with Gasteiger partial charge in [0.2, 0.25) is 11.8 Å². The summed E-state index contributed by atoms with van der Waals surface area (Å²) in [6.07, 6.45) is 0. The van der Waals surface area contributed by atoms with E-state index in [-0.39, 0.29) is 6.54 Å². The molecule has 80 valence electrons. The molecule has 7 nitrogen and oxygen atoms in total. The van der Waals surface area contributed by atoms with Crippen molar-refractivity contribution in [3.63, 3.8) is 0 Å². The van der Waals surface area contributed by atoms with Gasteiger partial charge in [0.15, 0.2) is 5.82 Å². The van der Waals surface area contributed by atoms with E-state index in [4.69, 9.17) is 14.7 Å². The largest absolute Gasteiger partial charge is 0.415 e. The predicted molar refractivity (Wildman–Crippen MR) is 50.8 cm³/mol. The van der Waals surface area contributed by atoms with E-state index < -0.39 is 0 Å². The van der Waals surface area contributed by atoms with E-state index in [0.29, 0.717) is 28.6 Å². The van der Waals surface area contributed by atoms with Gasteiger partial charge in [0.1, 0.15) is 0 Å². The molecule has 0 bridgehead atoms. The SMILES string of the molecule is Cc1noc(CSc2nnc(CN)o2)n1. The Hall–Kier alpha value is -1.41. The smallest absolute Gasteiger partial charge is 0.277 e. The molecule has 2 N–H and O–H groups in total. The first-order valence-electron chi connectivity index (χ1n) is 4.22. The predicted octanol–water partition coefficient (Wildman–Crippen LogP) is 0.512. The maximum Gasteiger partial charge on any atom is 0.277 e. The number of rotatable bonds is 4. The molecule has 0 saturated carbocycles. The minimum atomic E-state index is 0.243. The Balaban J connectivity index is 1.93. The Morgan fingerprint density at radius 2 is 2.20 bits per heavy atom. The molecule has 2 heterocycles. The number of aromatic nitrogens is 4. The third-order valence-corrected chi connectivity index (χ3v) is 2.31. The molecule has 0 radical (unpaired) electrons. The summed E-state index contributed by atoms with van der Waals surface area (Å²) in [6, 6.07) is 0. The van der Waals surface area contributed by atoms with Crippen LogP contribution in [0.1, 0.15) is 17.6 Å². The van der Waals surface area contributed by atoms with Crippen LogP contribution >= 0.6 is 11.8 Å². The highest BCUT2D eigenvalue weighted by Crippen LogP contribution is 2.20. The van der Waals surface area contributed by atoms with Crippen molar-refractivity contribution in [1.82, 2.24) is 20.3 Å². The first-order valence-corrected chi connectivity index (χ1v) is 5.21. The fourth-order valence-corrected chi connectivity index (χ4v) is 1.52. The number of nitrogens with zero attached hydrogens (tertiary/aromatic N) is 4. The molecule has 0 aliphatic carbocycles. The van der Waals surface area contributed by atoms with Gasteiger partial charge in [-0.1, -0.05) is 16.9 Å². The highest BCUT2D eigenvalue weighted by atomic mass is 32.2. The van der Waals surface area contributed by atoms with Gasteiger partial charge in [0, 0.05) is 0 Å². The van der Waals surface area contributed by atoms with Crippen molar-refractivity contribution in [2.24, 2.45) is 5.73 Å². The van der Waals surface area contributed by atoms with Crippen molar-refractivity contribution in [3.05, 3.63) is 17.6 Å². The lowest BCUT2D eigenvalue weighted by atomic mass is 10.7. The molecule has 0 saturated heterocycles. The maximum absolute atomic E-state index is 5.33. The normalized spacial score (nSPS) is 10.8. The standard InChI is InChI=1S/C7H9N5O2S/c1-4-9-6(14-12-4)3-15-7-11-10-5(2-8)13-7/h2-3,8H2,1H3. The second kappa shape index (κ2) is 4.41. The van der Waals surface area contributed by atoms with Crippen LogP contribution in [-0.4, -0.2) is 20.3 Å². The van der Waals surface area contributed by atoms with Gasteiger partial charge in [-0.2, -0.15) is 4.98 Å². The van der Waals surface area contributed by atoms with E-state index in [0.717, 1.165) is 0 Å². The first kappa shape index (κ1) is 10.1. The van der Waals surface area contributed by atoms with E-state index in [2.05, 4.69) is 20.3 Å². The van der Waals surface area contributed by atoms with E-state index in [1.165, 1.54) is 11.8 Å². The first-order chi connectivity index (χ1) is 7.28. The van der Waals surface area contributed by atoms with Gasteiger partial charge in [-0.05, 0) is 6.92 Å². The minimum Gasteiger partial charge on any atom is -0.415 e. The van der Waals surface area contributed by atoms with Crippen molar-refractivity contribution >= 4 is 11.8 Å². The summed E-state index contributed by atoms with van der Waals surface area (Å²) in [4.78, 5) is 4.04. The zero-order chi connectivity index (χ0) is 10.7. The van der Waals surface area contributed by atoms with Crippen LogP contribution in [0.5, 0.6) is 0 Å². The molecule has 0 atom stereocenters. The monoisotopic (exact) mass is 227 g/mol. The third kappa shape index (κ3) is 2.54. The topological polar surface area (TPSA) is 104 Å². The number of thioether (sulfide) groups is 1. The number of hydrogen-bond donors (Lipinski definition) is 1. The van der Waals surface area contributed by atoms with Crippen LogP contribution in [0.4, 0.5) is 0 Å². The van der Waals surface area contributed by atoms with Gasteiger partial charge in [0.25, 0.3) is 5.22 Å². The van der Waals surface area contributed by atoms with Gasteiger partial charge < -0.3 is 14.7 Å². The molecule has 0 unspecified atom stereocenters. The molecule has 0 aliphatic rings. The van der Waals surface area contributed by atoms with Crippen LogP contribution in [0.25, 0.3) is 0 Å². The Bertz CT molecular complexity index is 440. The zero-order valence-electron chi connectivity index (χ0n) is 8.01. The lowest BCUT2D eigenvalue weighted by Gasteiger charge is -1.88. The van der Waals surface area contributed by atoms with Crippen molar-refractivity contribution in [2.75, 3.05) is 0 Å². The van der Waals surface area contributed by atoms with Gasteiger partial charge in [0.05, 0.1) is 12.3 Å². The molecule has 2 aromatic rings. The average molecular weight is 227 g/mol. The number of hydrogen-bond acceptors (Lipinski definition) is 8. The molecule has 2 aromatic heterocycles. The van der Waals surface area contributed by atoms with Gasteiger partial charge in [-0.3, -0.25) is 0 Å². The van der Waals surface area contributed by atoms with Crippen molar-refractivity contribution < 1.29 is 8.94 Å².